The number of H-pyrrole nitrogens is 2. The molecular weight excluding hydrogens is 402 g/mol. The second-order valence-electron chi connectivity index (χ2n) is 6.84. The molecule has 1 saturated heterocycles. The van der Waals surface area contributed by atoms with Crippen LogP contribution in [0.2, 0.25) is 5.02 Å². The molecule has 0 aliphatic carbocycles. The molecule has 1 fully saturated rings. The average Bonchev–Trinajstić information content (AvgIpc) is 3.34. The summed E-state index contributed by atoms with van der Waals surface area (Å²) in [5, 5.41) is 1.46. The monoisotopic (exact) mass is 423 g/mol. The van der Waals surface area contributed by atoms with Crippen LogP contribution in [-0.2, 0) is 4.74 Å². The van der Waals surface area contributed by atoms with E-state index in [9.17, 15) is 9.59 Å². The first kappa shape index (κ1) is 20.0. The maximum Gasteiger partial charge on any atom is 0.414 e. The molecule has 5 rings (SSSR count). The van der Waals surface area contributed by atoms with E-state index in [0.29, 0.717) is 29.3 Å². The number of fused-ring (bicyclic) bond motifs is 3. The lowest BCUT2D eigenvalue weighted by Gasteiger charge is -2.15. The van der Waals surface area contributed by atoms with Gasteiger partial charge in [-0.15, -0.1) is 0 Å². The Kier molecular flexibility index (Phi) is 5.26. The highest BCUT2D eigenvalue weighted by molar-refractivity contribution is 6.31. The minimum Gasteiger partial charge on any atom is -0.447 e. The lowest BCUT2D eigenvalue weighted by atomic mass is 9.99. The number of nitrogens with zero attached hydrogens (tertiary/aromatic N) is 1. The normalized spacial score (nSPS) is 13.5. The van der Waals surface area contributed by atoms with E-state index in [1.807, 2.05) is 56.3 Å². The van der Waals surface area contributed by atoms with Crippen LogP contribution in [0.5, 0.6) is 0 Å². The van der Waals surface area contributed by atoms with Gasteiger partial charge in [-0.05, 0) is 42.8 Å². The molecule has 3 heterocycles. The molecule has 2 aromatic heterocycles. The fourth-order valence-corrected chi connectivity index (χ4v) is 3.98. The molecule has 0 spiro atoms. The van der Waals surface area contributed by atoms with Gasteiger partial charge in [0.15, 0.2) is 0 Å². The van der Waals surface area contributed by atoms with Crippen molar-refractivity contribution >= 4 is 45.3 Å². The lowest BCUT2D eigenvalue weighted by molar-refractivity contribution is 0.181. The molecular formula is C23H22ClN3O3. The summed E-state index contributed by atoms with van der Waals surface area (Å²) in [4.78, 5) is 32.6. The molecule has 1 amide bonds. The van der Waals surface area contributed by atoms with Crippen LogP contribution in [0.3, 0.4) is 0 Å². The predicted molar refractivity (Wildman–Crippen MR) is 122 cm³/mol. The van der Waals surface area contributed by atoms with E-state index in [4.69, 9.17) is 16.3 Å². The van der Waals surface area contributed by atoms with Crippen LogP contribution >= 0.6 is 11.6 Å². The number of nitrogens with one attached hydrogen (secondary N) is 2. The number of aromatic nitrogens is 2. The van der Waals surface area contributed by atoms with Gasteiger partial charge in [-0.1, -0.05) is 37.6 Å². The molecule has 2 aromatic carbocycles. The van der Waals surface area contributed by atoms with Crippen LogP contribution in [0, 0.1) is 6.92 Å². The Labute approximate surface area is 178 Å². The first-order valence-electron chi connectivity index (χ1n) is 9.91. The Morgan fingerprint density at radius 3 is 2.57 bits per heavy atom. The van der Waals surface area contributed by atoms with E-state index in [0.717, 1.165) is 33.2 Å². The number of carbonyl (C=O) groups excluding carboxylic acids is 1. The molecule has 6 nitrogen and oxygen atoms in total. The number of hydrogen-bond donors (Lipinski definition) is 2. The summed E-state index contributed by atoms with van der Waals surface area (Å²) in [7, 11) is 0. The molecule has 7 heteroatoms. The molecule has 0 bridgehead atoms. The third-order valence-corrected chi connectivity index (χ3v) is 5.41. The molecule has 0 unspecified atom stereocenters. The van der Waals surface area contributed by atoms with Crippen LogP contribution < -0.4 is 10.5 Å². The van der Waals surface area contributed by atoms with Crippen LogP contribution in [0.25, 0.3) is 33.1 Å². The van der Waals surface area contributed by atoms with E-state index >= 15 is 0 Å². The second kappa shape index (κ2) is 7.88. The van der Waals surface area contributed by atoms with Gasteiger partial charge >= 0.3 is 6.09 Å². The summed E-state index contributed by atoms with van der Waals surface area (Å²) < 4.78 is 5.04. The van der Waals surface area contributed by atoms with Gasteiger partial charge in [0, 0.05) is 32.7 Å². The minimum absolute atomic E-state index is 0.158. The first-order valence-corrected chi connectivity index (χ1v) is 10.3. The van der Waals surface area contributed by atoms with Crippen LogP contribution in [0.1, 0.15) is 19.4 Å². The zero-order valence-electron chi connectivity index (χ0n) is 17.0. The Balaban J connectivity index is 0.00000106. The molecule has 30 heavy (non-hydrogen) atoms. The van der Waals surface area contributed by atoms with Crippen molar-refractivity contribution in [3.05, 3.63) is 63.4 Å². The van der Waals surface area contributed by atoms with Gasteiger partial charge < -0.3 is 14.7 Å². The molecule has 154 valence electrons. The van der Waals surface area contributed by atoms with Crippen molar-refractivity contribution < 1.29 is 9.53 Å². The highest BCUT2D eigenvalue weighted by Gasteiger charge is 2.24. The third-order valence-electron chi connectivity index (χ3n) is 5.17. The number of benzene rings is 2. The van der Waals surface area contributed by atoms with Crippen molar-refractivity contribution in [3.63, 3.8) is 0 Å². The van der Waals surface area contributed by atoms with Crippen molar-refractivity contribution in [2.75, 3.05) is 18.1 Å². The van der Waals surface area contributed by atoms with E-state index in [-0.39, 0.29) is 11.7 Å². The highest BCUT2D eigenvalue weighted by Crippen LogP contribution is 2.35. The topological polar surface area (TPSA) is 78.2 Å². The standard InChI is InChI=1S/C21H16ClN3O3.C2H6/c1-11-17(12-3-2-4-14(9-12)25-7-8-28-21(25)27)19-18(24-20(11)26)15-10-13(22)5-6-16(15)23-19;1-2/h2-6,9-10,23H,7-8H2,1H3,(H,24,26);1-2H3. The number of amides is 1. The molecule has 0 radical (unpaired) electrons. The Morgan fingerprint density at radius 2 is 1.83 bits per heavy atom. The van der Waals surface area contributed by atoms with Crippen molar-refractivity contribution in [1.82, 2.24) is 9.97 Å². The van der Waals surface area contributed by atoms with E-state index in [1.54, 1.807) is 11.8 Å². The average molecular weight is 424 g/mol. The molecule has 1 aliphatic rings. The summed E-state index contributed by atoms with van der Waals surface area (Å²) in [6.45, 7) is 6.68. The first-order chi connectivity index (χ1) is 14.5. The van der Waals surface area contributed by atoms with Crippen molar-refractivity contribution in [3.8, 4) is 11.1 Å². The van der Waals surface area contributed by atoms with Crippen molar-refractivity contribution in [2.45, 2.75) is 20.8 Å². The zero-order chi connectivity index (χ0) is 21.4. The fourth-order valence-electron chi connectivity index (χ4n) is 3.81. The fraction of sp³-hybridized carbons (Fsp3) is 0.217. The van der Waals surface area contributed by atoms with Gasteiger partial charge in [-0.2, -0.15) is 0 Å². The Bertz CT molecular complexity index is 1320. The number of halogens is 1. The van der Waals surface area contributed by atoms with Crippen molar-refractivity contribution in [1.29, 1.82) is 0 Å². The molecule has 0 saturated carbocycles. The summed E-state index contributed by atoms with van der Waals surface area (Å²) >= 11 is 6.16. The van der Waals surface area contributed by atoms with E-state index in [1.165, 1.54) is 0 Å². The minimum atomic E-state index is -0.356. The number of anilines is 1. The highest BCUT2D eigenvalue weighted by atomic mass is 35.5. The Hall–Kier alpha value is -3.25. The summed E-state index contributed by atoms with van der Waals surface area (Å²) in [6, 6.07) is 13.1. The van der Waals surface area contributed by atoms with Gasteiger partial charge in [0.2, 0.25) is 0 Å². The smallest absolute Gasteiger partial charge is 0.414 e. The van der Waals surface area contributed by atoms with Gasteiger partial charge in [0.05, 0.1) is 17.6 Å². The second-order valence-corrected chi connectivity index (χ2v) is 7.27. The summed E-state index contributed by atoms with van der Waals surface area (Å²) in [5.41, 5.74) is 5.28. The SMILES string of the molecule is CC.Cc1c(-c2cccc(N3CCOC3=O)c2)c2[nH]c3ccc(Cl)cc3c2[nH]c1=O. The van der Waals surface area contributed by atoms with Gasteiger partial charge in [-0.25, -0.2) is 4.79 Å². The lowest BCUT2D eigenvalue weighted by Crippen LogP contribution is -2.23. The van der Waals surface area contributed by atoms with Crippen LogP contribution in [0.15, 0.2) is 47.3 Å². The van der Waals surface area contributed by atoms with Crippen LogP contribution in [-0.4, -0.2) is 29.2 Å². The number of pyridine rings is 1. The maximum atomic E-state index is 12.7. The zero-order valence-corrected chi connectivity index (χ0v) is 17.8. The number of ether oxygens (including phenoxy) is 1. The molecule has 0 atom stereocenters. The quantitative estimate of drug-likeness (QED) is 0.439. The van der Waals surface area contributed by atoms with Gasteiger partial charge in [0.25, 0.3) is 5.56 Å². The number of aromatic amines is 2. The number of hydrogen-bond acceptors (Lipinski definition) is 3. The molecule has 2 N–H and O–H groups in total. The summed E-state index contributed by atoms with van der Waals surface area (Å²) in [5.74, 6) is 0. The Morgan fingerprint density at radius 1 is 1.03 bits per heavy atom. The largest absolute Gasteiger partial charge is 0.447 e. The van der Waals surface area contributed by atoms with Crippen LogP contribution in [0.4, 0.5) is 10.5 Å². The van der Waals surface area contributed by atoms with Crippen molar-refractivity contribution in [2.24, 2.45) is 0 Å². The molecule has 4 aromatic rings. The van der Waals surface area contributed by atoms with Gasteiger partial charge in [0.1, 0.15) is 6.61 Å². The number of cyclic esters (lactones) is 1. The molecule has 1 aliphatic heterocycles. The number of rotatable bonds is 2. The maximum absolute atomic E-state index is 12.7. The third kappa shape index (κ3) is 3.23. The number of carbonyl (C=O) groups is 1. The predicted octanol–water partition coefficient (Wildman–Crippen LogP) is 5.62. The summed E-state index contributed by atoms with van der Waals surface area (Å²) in [6.07, 6.45) is -0.356. The van der Waals surface area contributed by atoms with E-state index < -0.39 is 0 Å². The van der Waals surface area contributed by atoms with Gasteiger partial charge in [-0.3, -0.25) is 9.69 Å². The van der Waals surface area contributed by atoms with E-state index in [2.05, 4.69) is 9.97 Å².